The third kappa shape index (κ3) is 5.93. The molecule has 0 atom stereocenters. The van der Waals surface area contributed by atoms with Crippen LogP contribution in [0.2, 0.25) is 5.02 Å². The molecule has 20 heavy (non-hydrogen) atoms. The van der Waals surface area contributed by atoms with Crippen LogP contribution >= 0.6 is 11.6 Å². The average Bonchev–Trinajstić information content (AvgIpc) is 2.42. The van der Waals surface area contributed by atoms with Crippen LogP contribution < -0.4 is 16.0 Å². The van der Waals surface area contributed by atoms with E-state index in [-0.39, 0.29) is 17.9 Å². The van der Waals surface area contributed by atoms with Crippen LogP contribution in [0, 0.1) is 5.92 Å². The maximum atomic E-state index is 11.5. The van der Waals surface area contributed by atoms with Crippen LogP contribution in [0.15, 0.2) is 24.3 Å². The SMILES string of the molecule is CC(C)C(=O)NCCNC(=O)NCc1ccccc1Cl. The van der Waals surface area contributed by atoms with E-state index in [1.807, 2.05) is 32.0 Å². The van der Waals surface area contributed by atoms with Crippen LogP contribution in [0.4, 0.5) is 4.79 Å². The first-order chi connectivity index (χ1) is 9.50. The molecule has 110 valence electrons. The van der Waals surface area contributed by atoms with Gasteiger partial charge in [-0.25, -0.2) is 4.79 Å². The van der Waals surface area contributed by atoms with Crippen molar-refractivity contribution in [3.05, 3.63) is 34.9 Å². The molecule has 0 bridgehead atoms. The molecule has 0 unspecified atom stereocenters. The molecular formula is C14H20ClN3O2. The minimum atomic E-state index is -0.288. The summed E-state index contributed by atoms with van der Waals surface area (Å²) < 4.78 is 0. The molecule has 0 aliphatic rings. The summed E-state index contributed by atoms with van der Waals surface area (Å²) in [6.07, 6.45) is 0. The standard InChI is InChI=1S/C14H20ClN3O2/c1-10(2)13(19)16-7-8-17-14(20)18-9-11-5-3-4-6-12(11)15/h3-6,10H,7-9H2,1-2H3,(H,16,19)(H2,17,18,20). The molecule has 3 amide bonds. The lowest BCUT2D eigenvalue weighted by Gasteiger charge is -2.10. The number of nitrogens with one attached hydrogen (secondary N) is 3. The van der Waals surface area contributed by atoms with Gasteiger partial charge in [-0.1, -0.05) is 43.6 Å². The van der Waals surface area contributed by atoms with Crippen LogP contribution in [0.5, 0.6) is 0 Å². The maximum Gasteiger partial charge on any atom is 0.315 e. The number of halogens is 1. The van der Waals surface area contributed by atoms with Crippen LogP contribution in [0.1, 0.15) is 19.4 Å². The third-order valence-electron chi connectivity index (χ3n) is 2.63. The van der Waals surface area contributed by atoms with Crippen molar-refractivity contribution in [3.8, 4) is 0 Å². The third-order valence-corrected chi connectivity index (χ3v) is 3.00. The molecule has 0 heterocycles. The second-order valence-corrected chi connectivity index (χ2v) is 5.05. The van der Waals surface area contributed by atoms with Gasteiger partial charge in [0.25, 0.3) is 0 Å². The minimum Gasteiger partial charge on any atom is -0.354 e. The highest BCUT2D eigenvalue weighted by atomic mass is 35.5. The average molecular weight is 298 g/mol. The van der Waals surface area contributed by atoms with Crippen LogP contribution in [0.3, 0.4) is 0 Å². The first-order valence-electron chi connectivity index (χ1n) is 6.53. The van der Waals surface area contributed by atoms with Gasteiger partial charge in [0.05, 0.1) is 0 Å². The number of amides is 3. The van der Waals surface area contributed by atoms with E-state index >= 15 is 0 Å². The monoisotopic (exact) mass is 297 g/mol. The predicted octanol–water partition coefficient (Wildman–Crippen LogP) is 1.91. The zero-order chi connectivity index (χ0) is 15.0. The van der Waals surface area contributed by atoms with E-state index in [4.69, 9.17) is 11.6 Å². The van der Waals surface area contributed by atoms with Gasteiger partial charge < -0.3 is 16.0 Å². The molecule has 1 aromatic carbocycles. The number of urea groups is 1. The van der Waals surface area contributed by atoms with E-state index in [1.165, 1.54) is 0 Å². The van der Waals surface area contributed by atoms with Crippen molar-refractivity contribution >= 4 is 23.5 Å². The molecule has 5 nitrogen and oxygen atoms in total. The largest absolute Gasteiger partial charge is 0.354 e. The highest BCUT2D eigenvalue weighted by molar-refractivity contribution is 6.31. The molecule has 0 aliphatic carbocycles. The number of benzene rings is 1. The van der Waals surface area contributed by atoms with Gasteiger partial charge in [0.15, 0.2) is 0 Å². The molecule has 1 aromatic rings. The van der Waals surface area contributed by atoms with Crippen LogP contribution in [-0.2, 0) is 11.3 Å². The van der Waals surface area contributed by atoms with Crippen molar-refractivity contribution in [2.24, 2.45) is 5.92 Å². The van der Waals surface area contributed by atoms with Gasteiger partial charge in [0, 0.05) is 30.6 Å². The minimum absolute atomic E-state index is 0.0247. The summed E-state index contributed by atoms with van der Waals surface area (Å²) in [5.74, 6) is -0.0766. The van der Waals surface area contributed by atoms with Crippen LogP contribution in [0.25, 0.3) is 0 Å². The normalized spacial score (nSPS) is 10.2. The Morgan fingerprint density at radius 3 is 2.40 bits per heavy atom. The summed E-state index contributed by atoms with van der Waals surface area (Å²) in [7, 11) is 0. The van der Waals surface area contributed by atoms with Crippen molar-refractivity contribution in [2.75, 3.05) is 13.1 Å². The van der Waals surface area contributed by atoms with Gasteiger partial charge in [-0.15, -0.1) is 0 Å². The number of hydrogen-bond acceptors (Lipinski definition) is 2. The summed E-state index contributed by atoms with van der Waals surface area (Å²) >= 11 is 5.98. The van der Waals surface area contributed by atoms with Crippen molar-refractivity contribution in [1.82, 2.24) is 16.0 Å². The lowest BCUT2D eigenvalue weighted by Crippen LogP contribution is -2.40. The number of carbonyl (C=O) groups excluding carboxylic acids is 2. The fraction of sp³-hybridized carbons (Fsp3) is 0.429. The van der Waals surface area contributed by atoms with Crippen molar-refractivity contribution in [2.45, 2.75) is 20.4 Å². The molecule has 6 heteroatoms. The topological polar surface area (TPSA) is 70.2 Å². The molecule has 0 radical (unpaired) electrons. The fourth-order valence-corrected chi connectivity index (χ4v) is 1.65. The van der Waals surface area contributed by atoms with Crippen molar-refractivity contribution < 1.29 is 9.59 Å². The van der Waals surface area contributed by atoms with Gasteiger partial charge in [-0.3, -0.25) is 4.79 Å². The second-order valence-electron chi connectivity index (χ2n) is 4.65. The Balaban J connectivity index is 2.18. The first-order valence-corrected chi connectivity index (χ1v) is 6.91. The molecular weight excluding hydrogens is 278 g/mol. The van der Waals surface area contributed by atoms with Gasteiger partial charge in [-0.05, 0) is 11.6 Å². The quantitative estimate of drug-likeness (QED) is 0.702. The molecule has 0 saturated heterocycles. The summed E-state index contributed by atoms with van der Waals surface area (Å²) in [6.45, 7) is 4.80. The zero-order valence-electron chi connectivity index (χ0n) is 11.7. The van der Waals surface area contributed by atoms with E-state index < -0.39 is 0 Å². The lowest BCUT2D eigenvalue weighted by molar-refractivity contribution is -0.123. The molecule has 0 fully saturated rings. The van der Waals surface area contributed by atoms with E-state index in [0.29, 0.717) is 24.7 Å². The summed E-state index contributed by atoms with van der Waals surface area (Å²) in [6, 6.07) is 7.04. The summed E-state index contributed by atoms with van der Waals surface area (Å²) in [4.78, 5) is 22.8. The number of rotatable bonds is 6. The molecule has 0 saturated carbocycles. The van der Waals surface area contributed by atoms with E-state index in [9.17, 15) is 9.59 Å². The Hall–Kier alpha value is -1.75. The summed E-state index contributed by atoms with van der Waals surface area (Å²) in [5.41, 5.74) is 0.859. The Kier molecular flexibility index (Phi) is 6.87. The molecule has 3 N–H and O–H groups in total. The fourth-order valence-electron chi connectivity index (χ4n) is 1.45. The molecule has 0 spiro atoms. The number of hydrogen-bond donors (Lipinski definition) is 3. The van der Waals surface area contributed by atoms with Gasteiger partial charge in [0.2, 0.25) is 5.91 Å². The Morgan fingerprint density at radius 2 is 1.75 bits per heavy atom. The van der Waals surface area contributed by atoms with Gasteiger partial charge >= 0.3 is 6.03 Å². The van der Waals surface area contributed by atoms with Gasteiger partial charge in [-0.2, -0.15) is 0 Å². The second kappa shape index (κ2) is 8.43. The smallest absolute Gasteiger partial charge is 0.315 e. The maximum absolute atomic E-state index is 11.5. The highest BCUT2D eigenvalue weighted by Gasteiger charge is 2.06. The summed E-state index contributed by atoms with van der Waals surface area (Å²) in [5, 5.41) is 8.70. The van der Waals surface area contributed by atoms with E-state index in [2.05, 4.69) is 16.0 Å². The van der Waals surface area contributed by atoms with E-state index in [1.54, 1.807) is 6.07 Å². The molecule has 0 aromatic heterocycles. The highest BCUT2D eigenvalue weighted by Crippen LogP contribution is 2.13. The zero-order valence-corrected chi connectivity index (χ0v) is 12.5. The molecule has 0 aliphatic heterocycles. The Morgan fingerprint density at radius 1 is 1.10 bits per heavy atom. The predicted molar refractivity (Wildman–Crippen MR) is 79.5 cm³/mol. The Bertz CT molecular complexity index is 463. The lowest BCUT2D eigenvalue weighted by atomic mass is 10.2. The molecule has 1 rings (SSSR count). The first kappa shape index (κ1) is 16.3. The van der Waals surface area contributed by atoms with Crippen molar-refractivity contribution in [1.29, 1.82) is 0 Å². The van der Waals surface area contributed by atoms with E-state index in [0.717, 1.165) is 5.56 Å². The Labute approximate surface area is 124 Å². The van der Waals surface area contributed by atoms with Gasteiger partial charge in [0.1, 0.15) is 0 Å². The van der Waals surface area contributed by atoms with Crippen LogP contribution in [-0.4, -0.2) is 25.0 Å². The number of carbonyl (C=O) groups is 2. The van der Waals surface area contributed by atoms with Crippen molar-refractivity contribution in [3.63, 3.8) is 0 Å².